The smallest absolute Gasteiger partial charge is 0.262 e. The summed E-state index contributed by atoms with van der Waals surface area (Å²) in [6, 6.07) is 11.2. The summed E-state index contributed by atoms with van der Waals surface area (Å²) in [4.78, 5) is 11.8. The number of methoxy groups -OCH3 is 1. The molecule has 21 heavy (non-hydrogen) atoms. The largest absolute Gasteiger partial charge is 0.497 e. The quantitative estimate of drug-likeness (QED) is 0.892. The van der Waals surface area contributed by atoms with E-state index in [2.05, 4.69) is 21.2 Å². The molecule has 0 saturated heterocycles. The van der Waals surface area contributed by atoms with Crippen molar-refractivity contribution in [1.82, 2.24) is 0 Å². The number of hydrogen-bond donors (Lipinski definition) is 1. The summed E-state index contributed by atoms with van der Waals surface area (Å²) in [6.07, 6.45) is 0. The van der Waals surface area contributed by atoms with Crippen molar-refractivity contribution in [2.24, 2.45) is 0 Å². The second-order valence-electron chi connectivity index (χ2n) is 4.14. The van der Waals surface area contributed by atoms with Crippen LogP contribution in [-0.2, 0) is 4.79 Å². The van der Waals surface area contributed by atoms with E-state index in [4.69, 9.17) is 9.47 Å². The van der Waals surface area contributed by atoms with Gasteiger partial charge in [-0.05, 0) is 30.3 Å². The number of carbonyl (C=O) groups excluding carboxylic acids is 1. The van der Waals surface area contributed by atoms with Gasteiger partial charge in [-0.1, -0.05) is 22.0 Å². The van der Waals surface area contributed by atoms with Gasteiger partial charge in [0.2, 0.25) is 0 Å². The lowest BCUT2D eigenvalue weighted by atomic mass is 10.3. The van der Waals surface area contributed by atoms with Crippen molar-refractivity contribution in [3.05, 3.63) is 52.8 Å². The second kappa shape index (κ2) is 7.08. The van der Waals surface area contributed by atoms with E-state index in [0.717, 1.165) is 0 Å². The molecule has 0 aliphatic rings. The third kappa shape index (κ3) is 4.46. The molecule has 0 unspecified atom stereocenters. The second-order valence-corrected chi connectivity index (χ2v) is 5.06. The van der Waals surface area contributed by atoms with Crippen molar-refractivity contribution < 1.29 is 18.7 Å². The molecule has 0 heterocycles. The highest BCUT2D eigenvalue weighted by Gasteiger charge is 2.08. The number of rotatable bonds is 5. The van der Waals surface area contributed by atoms with E-state index in [0.29, 0.717) is 15.9 Å². The van der Waals surface area contributed by atoms with E-state index in [1.54, 1.807) is 37.4 Å². The molecule has 0 spiro atoms. The van der Waals surface area contributed by atoms with E-state index in [-0.39, 0.29) is 18.3 Å². The number of amides is 1. The molecule has 1 N–H and O–H groups in total. The van der Waals surface area contributed by atoms with Gasteiger partial charge in [0.1, 0.15) is 5.75 Å². The fraction of sp³-hybridized carbons (Fsp3) is 0.133. The Bertz CT molecular complexity index is 649. The van der Waals surface area contributed by atoms with Gasteiger partial charge in [-0.2, -0.15) is 0 Å². The molecule has 2 aromatic carbocycles. The Balaban J connectivity index is 1.94. The summed E-state index contributed by atoms with van der Waals surface area (Å²) in [5.41, 5.74) is 0.581. The lowest BCUT2D eigenvalue weighted by Gasteiger charge is -2.09. The third-order valence-corrected chi connectivity index (χ3v) is 3.10. The Labute approximate surface area is 130 Å². The van der Waals surface area contributed by atoms with Crippen molar-refractivity contribution in [3.8, 4) is 11.5 Å². The normalized spacial score (nSPS) is 10.0. The Kier molecular flexibility index (Phi) is 5.16. The van der Waals surface area contributed by atoms with Crippen LogP contribution in [0.5, 0.6) is 11.5 Å². The standard InChI is InChI=1S/C15H13BrFNO3/c1-20-12-4-2-3-11(8-12)18-15(19)9-21-14-7-10(16)5-6-13(14)17/h2-8H,9H2,1H3,(H,18,19). The SMILES string of the molecule is COc1cccc(NC(=O)COc2cc(Br)ccc2F)c1. The number of ether oxygens (including phenoxy) is 2. The van der Waals surface area contributed by atoms with Crippen LogP contribution in [0.15, 0.2) is 46.9 Å². The van der Waals surface area contributed by atoms with Gasteiger partial charge in [0.05, 0.1) is 7.11 Å². The first-order valence-corrected chi connectivity index (χ1v) is 6.89. The van der Waals surface area contributed by atoms with E-state index < -0.39 is 5.82 Å². The van der Waals surface area contributed by atoms with Crippen LogP contribution in [0.3, 0.4) is 0 Å². The average Bonchev–Trinajstić information content (AvgIpc) is 2.48. The Morgan fingerprint density at radius 3 is 2.86 bits per heavy atom. The topological polar surface area (TPSA) is 47.6 Å². The molecule has 0 fully saturated rings. The minimum atomic E-state index is -0.521. The van der Waals surface area contributed by atoms with Crippen LogP contribution in [-0.4, -0.2) is 19.6 Å². The first-order chi connectivity index (χ1) is 10.1. The first-order valence-electron chi connectivity index (χ1n) is 6.10. The Morgan fingerprint density at radius 2 is 2.10 bits per heavy atom. The molecule has 0 aromatic heterocycles. The van der Waals surface area contributed by atoms with Gasteiger partial charge in [-0.15, -0.1) is 0 Å². The molecular weight excluding hydrogens is 341 g/mol. The van der Waals surface area contributed by atoms with Crippen LogP contribution in [0.2, 0.25) is 0 Å². The van der Waals surface area contributed by atoms with Crippen molar-refractivity contribution in [2.75, 3.05) is 19.0 Å². The maximum Gasteiger partial charge on any atom is 0.262 e. The Morgan fingerprint density at radius 1 is 1.29 bits per heavy atom. The number of nitrogens with one attached hydrogen (secondary N) is 1. The number of anilines is 1. The lowest BCUT2D eigenvalue weighted by Crippen LogP contribution is -2.20. The highest BCUT2D eigenvalue weighted by molar-refractivity contribution is 9.10. The van der Waals surface area contributed by atoms with E-state index in [1.165, 1.54) is 12.1 Å². The lowest BCUT2D eigenvalue weighted by molar-refractivity contribution is -0.118. The van der Waals surface area contributed by atoms with E-state index in [1.807, 2.05) is 0 Å². The number of halogens is 2. The van der Waals surface area contributed by atoms with Crippen LogP contribution in [0.25, 0.3) is 0 Å². The molecule has 2 rings (SSSR count). The first kappa shape index (κ1) is 15.3. The molecule has 4 nitrogen and oxygen atoms in total. The average molecular weight is 354 g/mol. The molecule has 0 aliphatic heterocycles. The molecule has 6 heteroatoms. The summed E-state index contributed by atoms with van der Waals surface area (Å²) in [5, 5.41) is 2.64. The van der Waals surface area contributed by atoms with Crippen molar-refractivity contribution in [1.29, 1.82) is 0 Å². The summed E-state index contributed by atoms with van der Waals surface area (Å²) in [6.45, 7) is -0.287. The molecular formula is C15H13BrFNO3. The maximum absolute atomic E-state index is 13.5. The van der Waals surface area contributed by atoms with Gasteiger partial charge in [0, 0.05) is 16.2 Å². The predicted octanol–water partition coefficient (Wildman–Crippen LogP) is 3.61. The van der Waals surface area contributed by atoms with E-state index >= 15 is 0 Å². The van der Waals surface area contributed by atoms with Gasteiger partial charge in [0.25, 0.3) is 5.91 Å². The number of carbonyl (C=O) groups is 1. The molecule has 0 atom stereocenters. The van der Waals surface area contributed by atoms with Gasteiger partial charge in [-0.25, -0.2) is 4.39 Å². The van der Waals surface area contributed by atoms with Crippen LogP contribution in [0, 0.1) is 5.82 Å². The van der Waals surface area contributed by atoms with Crippen molar-refractivity contribution >= 4 is 27.5 Å². The summed E-state index contributed by atoms with van der Waals surface area (Å²) in [7, 11) is 1.54. The zero-order valence-corrected chi connectivity index (χ0v) is 12.8. The van der Waals surface area contributed by atoms with Gasteiger partial charge in [-0.3, -0.25) is 4.79 Å². The minimum absolute atomic E-state index is 0.0187. The zero-order chi connectivity index (χ0) is 15.2. The molecule has 0 aliphatic carbocycles. The van der Waals surface area contributed by atoms with Gasteiger partial charge in [0.15, 0.2) is 18.2 Å². The highest BCUT2D eigenvalue weighted by atomic mass is 79.9. The predicted molar refractivity (Wildman–Crippen MR) is 81.2 cm³/mol. The minimum Gasteiger partial charge on any atom is -0.497 e. The third-order valence-electron chi connectivity index (χ3n) is 2.61. The summed E-state index contributed by atoms with van der Waals surface area (Å²) in [5.74, 6) is -0.257. The van der Waals surface area contributed by atoms with Crippen LogP contribution in [0.1, 0.15) is 0 Å². The monoisotopic (exact) mass is 353 g/mol. The zero-order valence-electron chi connectivity index (χ0n) is 11.2. The highest BCUT2D eigenvalue weighted by Crippen LogP contribution is 2.22. The van der Waals surface area contributed by atoms with Crippen molar-refractivity contribution in [2.45, 2.75) is 0 Å². The molecule has 0 saturated carbocycles. The summed E-state index contributed by atoms with van der Waals surface area (Å²) < 4.78 is 24.3. The molecule has 2 aromatic rings. The van der Waals surface area contributed by atoms with Crippen LogP contribution >= 0.6 is 15.9 Å². The van der Waals surface area contributed by atoms with Crippen molar-refractivity contribution in [3.63, 3.8) is 0 Å². The van der Waals surface area contributed by atoms with Crippen LogP contribution in [0.4, 0.5) is 10.1 Å². The maximum atomic E-state index is 13.5. The Hall–Kier alpha value is -2.08. The van der Waals surface area contributed by atoms with Gasteiger partial charge < -0.3 is 14.8 Å². The number of benzene rings is 2. The molecule has 0 radical (unpaired) electrons. The fourth-order valence-corrected chi connectivity index (χ4v) is 1.97. The summed E-state index contributed by atoms with van der Waals surface area (Å²) >= 11 is 3.21. The molecule has 110 valence electrons. The van der Waals surface area contributed by atoms with Crippen LogP contribution < -0.4 is 14.8 Å². The molecule has 0 bridgehead atoms. The fourth-order valence-electron chi connectivity index (χ4n) is 1.63. The molecule has 1 amide bonds. The van der Waals surface area contributed by atoms with Gasteiger partial charge >= 0.3 is 0 Å². The number of hydrogen-bond acceptors (Lipinski definition) is 3. The van der Waals surface area contributed by atoms with E-state index in [9.17, 15) is 9.18 Å².